The van der Waals surface area contributed by atoms with Crippen LogP contribution in [0.25, 0.3) is 0 Å². The van der Waals surface area contributed by atoms with Crippen molar-refractivity contribution in [3.8, 4) is 0 Å². The quantitative estimate of drug-likeness (QED) is 0.810. The van der Waals surface area contributed by atoms with Gasteiger partial charge in [0.25, 0.3) is 0 Å². The number of nitrogens with two attached hydrogens (primary N) is 1. The molecule has 2 nitrogen and oxygen atoms in total. The standard InChI is InChI=1S/C13H19NO/c1-5-13(3,4)11-9(2)7-6-8-10(11)12(14)15/h6-8H,5H2,1-4H3,(H2,14,15). The fraction of sp³-hybridized carbons (Fsp3) is 0.462. The van der Waals surface area contributed by atoms with E-state index in [-0.39, 0.29) is 11.3 Å². The molecule has 0 heterocycles. The molecule has 1 aromatic rings. The number of carbonyl (C=O) groups excluding carboxylic acids is 1. The van der Waals surface area contributed by atoms with Crippen LogP contribution in [0, 0.1) is 6.92 Å². The van der Waals surface area contributed by atoms with Gasteiger partial charge < -0.3 is 5.73 Å². The lowest BCUT2D eigenvalue weighted by Crippen LogP contribution is -2.24. The smallest absolute Gasteiger partial charge is 0.249 e. The molecule has 0 aliphatic carbocycles. The molecule has 0 aliphatic rings. The molecule has 1 aromatic carbocycles. The number of hydrogen-bond donors (Lipinski definition) is 1. The Morgan fingerprint density at radius 2 is 2.00 bits per heavy atom. The average Bonchev–Trinajstić information content (AvgIpc) is 2.17. The summed E-state index contributed by atoms with van der Waals surface area (Å²) in [5.41, 5.74) is 8.27. The highest BCUT2D eigenvalue weighted by Crippen LogP contribution is 2.32. The molecule has 0 aliphatic heterocycles. The molecule has 0 radical (unpaired) electrons. The maximum Gasteiger partial charge on any atom is 0.249 e. The van der Waals surface area contributed by atoms with Gasteiger partial charge in [-0.15, -0.1) is 0 Å². The van der Waals surface area contributed by atoms with Gasteiger partial charge in [0.1, 0.15) is 0 Å². The van der Waals surface area contributed by atoms with Gasteiger partial charge in [0.15, 0.2) is 0 Å². The first-order chi connectivity index (χ1) is 6.90. The van der Waals surface area contributed by atoms with Gasteiger partial charge in [-0.3, -0.25) is 4.79 Å². The minimum Gasteiger partial charge on any atom is -0.366 e. The number of amides is 1. The van der Waals surface area contributed by atoms with E-state index in [2.05, 4.69) is 20.8 Å². The molecule has 1 rings (SSSR count). The lowest BCUT2D eigenvalue weighted by Gasteiger charge is -2.27. The van der Waals surface area contributed by atoms with Crippen molar-refractivity contribution in [3.05, 3.63) is 34.9 Å². The minimum atomic E-state index is -0.338. The minimum absolute atomic E-state index is 0.00426. The van der Waals surface area contributed by atoms with Crippen LogP contribution < -0.4 is 5.73 Å². The van der Waals surface area contributed by atoms with Crippen LogP contribution in [0.5, 0.6) is 0 Å². The van der Waals surface area contributed by atoms with E-state index >= 15 is 0 Å². The highest BCUT2D eigenvalue weighted by Gasteiger charge is 2.25. The lowest BCUT2D eigenvalue weighted by molar-refractivity contribution is 0.0998. The van der Waals surface area contributed by atoms with E-state index in [1.54, 1.807) is 0 Å². The summed E-state index contributed by atoms with van der Waals surface area (Å²) >= 11 is 0. The van der Waals surface area contributed by atoms with Crippen molar-refractivity contribution in [3.63, 3.8) is 0 Å². The Kier molecular flexibility index (Phi) is 3.18. The summed E-state index contributed by atoms with van der Waals surface area (Å²) < 4.78 is 0. The summed E-state index contributed by atoms with van der Waals surface area (Å²) in [5, 5.41) is 0. The third-order valence-electron chi connectivity index (χ3n) is 3.10. The third kappa shape index (κ3) is 2.20. The van der Waals surface area contributed by atoms with Crippen molar-refractivity contribution < 1.29 is 4.79 Å². The number of benzene rings is 1. The Morgan fingerprint density at radius 3 is 2.47 bits per heavy atom. The van der Waals surface area contributed by atoms with Gasteiger partial charge in [-0.05, 0) is 36.0 Å². The van der Waals surface area contributed by atoms with E-state index in [9.17, 15) is 4.79 Å². The van der Waals surface area contributed by atoms with Crippen LogP contribution in [0.1, 0.15) is 48.7 Å². The van der Waals surface area contributed by atoms with Gasteiger partial charge in [-0.2, -0.15) is 0 Å². The van der Waals surface area contributed by atoms with E-state index in [0.29, 0.717) is 5.56 Å². The second kappa shape index (κ2) is 4.05. The summed E-state index contributed by atoms with van der Waals surface area (Å²) in [7, 11) is 0. The average molecular weight is 205 g/mol. The van der Waals surface area contributed by atoms with Crippen LogP contribution in [0.4, 0.5) is 0 Å². The monoisotopic (exact) mass is 205 g/mol. The Morgan fingerprint density at radius 1 is 1.40 bits per heavy atom. The van der Waals surface area contributed by atoms with Gasteiger partial charge in [0, 0.05) is 5.56 Å². The van der Waals surface area contributed by atoms with Crippen LogP contribution in [0.2, 0.25) is 0 Å². The van der Waals surface area contributed by atoms with Crippen molar-refractivity contribution in [2.75, 3.05) is 0 Å². The first-order valence-corrected chi connectivity index (χ1v) is 5.30. The predicted molar refractivity (Wildman–Crippen MR) is 63.0 cm³/mol. The number of rotatable bonds is 3. The van der Waals surface area contributed by atoms with Gasteiger partial charge in [-0.1, -0.05) is 32.9 Å². The molecule has 2 N–H and O–H groups in total. The van der Waals surface area contributed by atoms with Crippen molar-refractivity contribution >= 4 is 5.91 Å². The summed E-state index contributed by atoms with van der Waals surface area (Å²) in [6, 6.07) is 5.71. The van der Waals surface area contributed by atoms with Crippen LogP contribution in [-0.4, -0.2) is 5.91 Å². The number of carbonyl (C=O) groups is 1. The highest BCUT2D eigenvalue weighted by atomic mass is 16.1. The number of hydrogen-bond acceptors (Lipinski definition) is 1. The van der Waals surface area contributed by atoms with Crippen molar-refractivity contribution in [2.45, 2.75) is 39.5 Å². The fourth-order valence-corrected chi connectivity index (χ4v) is 1.95. The molecular weight excluding hydrogens is 186 g/mol. The zero-order chi connectivity index (χ0) is 11.6. The third-order valence-corrected chi connectivity index (χ3v) is 3.10. The molecule has 0 atom stereocenters. The van der Waals surface area contributed by atoms with Crippen molar-refractivity contribution in [1.29, 1.82) is 0 Å². The van der Waals surface area contributed by atoms with E-state index in [0.717, 1.165) is 17.5 Å². The largest absolute Gasteiger partial charge is 0.366 e. The van der Waals surface area contributed by atoms with E-state index in [1.165, 1.54) is 0 Å². The SMILES string of the molecule is CCC(C)(C)c1c(C)cccc1C(N)=O. The topological polar surface area (TPSA) is 43.1 Å². The van der Waals surface area contributed by atoms with Gasteiger partial charge >= 0.3 is 0 Å². The zero-order valence-corrected chi connectivity index (χ0v) is 9.92. The molecule has 0 spiro atoms. The molecule has 15 heavy (non-hydrogen) atoms. The molecule has 0 saturated carbocycles. The van der Waals surface area contributed by atoms with Crippen molar-refractivity contribution in [2.24, 2.45) is 5.73 Å². The van der Waals surface area contributed by atoms with Gasteiger partial charge in [0.2, 0.25) is 5.91 Å². The van der Waals surface area contributed by atoms with E-state index in [4.69, 9.17) is 5.73 Å². The molecule has 0 fully saturated rings. The molecule has 82 valence electrons. The summed E-state index contributed by atoms with van der Waals surface area (Å²) in [6.45, 7) is 8.43. The van der Waals surface area contributed by atoms with E-state index in [1.807, 2.05) is 25.1 Å². The first kappa shape index (κ1) is 11.8. The highest BCUT2D eigenvalue weighted by molar-refractivity contribution is 5.95. The molecule has 0 bridgehead atoms. The van der Waals surface area contributed by atoms with Gasteiger partial charge in [-0.25, -0.2) is 0 Å². The molecule has 1 amide bonds. The van der Waals surface area contributed by atoms with Crippen LogP contribution >= 0.6 is 0 Å². The Balaban J connectivity index is 3.44. The second-order valence-electron chi connectivity index (χ2n) is 4.60. The normalized spacial score (nSPS) is 11.5. The summed E-state index contributed by atoms with van der Waals surface area (Å²) in [4.78, 5) is 11.4. The summed E-state index contributed by atoms with van der Waals surface area (Å²) in [5.74, 6) is -0.338. The Bertz CT molecular complexity index is 380. The molecule has 2 heteroatoms. The zero-order valence-electron chi connectivity index (χ0n) is 9.92. The summed E-state index contributed by atoms with van der Waals surface area (Å²) in [6.07, 6.45) is 0.984. The van der Waals surface area contributed by atoms with E-state index < -0.39 is 0 Å². The fourth-order valence-electron chi connectivity index (χ4n) is 1.95. The van der Waals surface area contributed by atoms with Gasteiger partial charge in [0.05, 0.1) is 0 Å². The second-order valence-corrected chi connectivity index (χ2v) is 4.60. The molecule has 0 saturated heterocycles. The number of aryl methyl sites for hydroxylation is 1. The Hall–Kier alpha value is -1.31. The lowest BCUT2D eigenvalue weighted by atomic mass is 9.77. The molecule has 0 unspecified atom stereocenters. The predicted octanol–water partition coefficient (Wildman–Crippen LogP) is 2.78. The number of primary amides is 1. The first-order valence-electron chi connectivity index (χ1n) is 5.30. The van der Waals surface area contributed by atoms with Crippen LogP contribution in [0.15, 0.2) is 18.2 Å². The van der Waals surface area contributed by atoms with Crippen LogP contribution in [0.3, 0.4) is 0 Å². The maximum absolute atomic E-state index is 11.4. The molecule has 0 aromatic heterocycles. The maximum atomic E-state index is 11.4. The Labute approximate surface area is 91.5 Å². The molecular formula is C13H19NO. The van der Waals surface area contributed by atoms with Crippen molar-refractivity contribution in [1.82, 2.24) is 0 Å². The van der Waals surface area contributed by atoms with Crippen LogP contribution in [-0.2, 0) is 5.41 Å².